The summed E-state index contributed by atoms with van der Waals surface area (Å²) in [6.45, 7) is 24.3. The number of para-hydroxylation sites is 1. The number of ether oxygens (including phenoxy) is 2. The molecule has 2 atom stereocenters. The van der Waals surface area contributed by atoms with Gasteiger partial charge in [-0.3, -0.25) is 9.79 Å². The van der Waals surface area contributed by atoms with Gasteiger partial charge in [-0.1, -0.05) is 85.7 Å². The topological polar surface area (TPSA) is 164 Å². The molecule has 0 aliphatic heterocycles. The predicted molar refractivity (Wildman–Crippen MR) is 238 cm³/mol. The second kappa shape index (κ2) is 35.4. The Labute approximate surface area is 353 Å². The average Bonchev–Trinajstić information content (AvgIpc) is 3.21. The van der Waals surface area contributed by atoms with Crippen LogP contribution in [0.25, 0.3) is 0 Å². The normalized spacial score (nSPS) is 10.8. The number of nitrogens with zero attached hydrogens (tertiary/aromatic N) is 2. The maximum atomic E-state index is 12.2. The number of methoxy groups -OCH3 is 2. The molecule has 3 aromatic rings. The zero-order chi connectivity index (χ0) is 45.8. The van der Waals surface area contributed by atoms with E-state index in [-0.39, 0.29) is 35.6 Å². The maximum absolute atomic E-state index is 12.2. The molecule has 0 radical (unpaired) electrons. The van der Waals surface area contributed by atoms with Gasteiger partial charge in [-0.2, -0.15) is 19.2 Å². The van der Waals surface area contributed by atoms with Crippen molar-refractivity contribution in [2.45, 2.75) is 105 Å². The SMILES string of the molecule is C=CCC.C=CC[C@H](CC)Nc1ccc(OC)cc1.CC(C)[C@H](NCc1cccc(C(C)(C)C)c1O)C(=O)N(C)C.CCC=Nc1ccc(OC)cc1.O=C=O.O=C=O. The van der Waals surface area contributed by atoms with E-state index in [0.717, 1.165) is 59.7 Å². The van der Waals surface area contributed by atoms with Crippen molar-refractivity contribution in [3.63, 3.8) is 0 Å². The van der Waals surface area contributed by atoms with Gasteiger partial charge in [0, 0.05) is 44.1 Å². The van der Waals surface area contributed by atoms with Gasteiger partial charge in [0.25, 0.3) is 0 Å². The number of phenolic OH excluding ortho intramolecular Hbond substituents is 1. The lowest BCUT2D eigenvalue weighted by Crippen LogP contribution is -2.46. The number of phenols is 1. The van der Waals surface area contributed by atoms with E-state index in [1.54, 1.807) is 33.2 Å². The summed E-state index contributed by atoms with van der Waals surface area (Å²) in [7, 11) is 6.85. The first-order chi connectivity index (χ1) is 28.0. The molecule has 3 rings (SSSR count). The van der Waals surface area contributed by atoms with Crippen LogP contribution in [0.4, 0.5) is 11.4 Å². The summed E-state index contributed by atoms with van der Waals surface area (Å²) in [6, 6.07) is 21.7. The Morgan fingerprint density at radius 1 is 0.847 bits per heavy atom. The summed E-state index contributed by atoms with van der Waals surface area (Å²) in [6.07, 6.45) is 10.3. The summed E-state index contributed by atoms with van der Waals surface area (Å²) < 4.78 is 10.1. The summed E-state index contributed by atoms with van der Waals surface area (Å²) in [4.78, 5) is 50.5. The molecule has 0 unspecified atom stereocenters. The molecule has 0 bridgehead atoms. The molecule has 3 N–H and O–H groups in total. The molecule has 59 heavy (non-hydrogen) atoms. The van der Waals surface area contributed by atoms with Crippen LogP contribution in [0, 0.1) is 5.92 Å². The van der Waals surface area contributed by atoms with Gasteiger partial charge in [0.15, 0.2) is 0 Å². The Balaban J connectivity index is -0.000000737. The first-order valence-electron chi connectivity index (χ1n) is 19.5. The number of hydrogen-bond acceptors (Lipinski definition) is 11. The van der Waals surface area contributed by atoms with E-state index in [2.05, 4.69) is 70.3 Å². The first-order valence-corrected chi connectivity index (χ1v) is 19.5. The van der Waals surface area contributed by atoms with E-state index in [1.165, 1.54) is 0 Å². The van der Waals surface area contributed by atoms with Crippen LogP contribution in [0.5, 0.6) is 17.2 Å². The standard InChI is InChI=1S/C18H30N2O2.C13H19NO.C10H13NO.C4H8.2CO2/c1-12(2)15(17(22)20(6)7)19-11-13-9-8-10-14(16(13)21)18(3,4)5;1-4-6-11(5-2)14-12-7-9-13(15-3)10-8-12;1-3-8-11-9-4-6-10(12-2)7-5-9;1-3-4-2;2*2-1-3/h8-10,12,15,19,21H,11H2,1-7H3;4,7-11,14H,1,5-6H2,2-3H3;4-8H,3H2,1-2H3;3H,1,4H2,2H3;;/t15-;11-;;;;/m00..../s1. The largest absolute Gasteiger partial charge is 0.507 e. The number of hydrogen-bond donors (Lipinski definition) is 3. The van der Waals surface area contributed by atoms with Crippen LogP contribution in [0.2, 0.25) is 0 Å². The van der Waals surface area contributed by atoms with Crippen molar-refractivity contribution in [1.82, 2.24) is 10.2 Å². The van der Waals surface area contributed by atoms with Crippen molar-refractivity contribution in [2.75, 3.05) is 33.6 Å². The van der Waals surface area contributed by atoms with Gasteiger partial charge >= 0.3 is 12.3 Å². The minimum absolute atomic E-state index is 0.0569. The second-order valence-electron chi connectivity index (χ2n) is 14.2. The highest BCUT2D eigenvalue weighted by Crippen LogP contribution is 2.33. The van der Waals surface area contributed by atoms with Gasteiger partial charge < -0.3 is 30.1 Å². The van der Waals surface area contributed by atoms with Crippen LogP contribution in [-0.2, 0) is 35.9 Å². The Morgan fingerprint density at radius 3 is 1.71 bits per heavy atom. The number of benzene rings is 3. The molecule has 12 nitrogen and oxygen atoms in total. The number of allylic oxidation sites excluding steroid dienone is 1. The van der Waals surface area contributed by atoms with Crippen molar-refractivity contribution in [3.05, 3.63) is 103 Å². The highest BCUT2D eigenvalue weighted by molar-refractivity contribution is 5.81. The fraction of sp³-hybridized carbons (Fsp3) is 0.447. The number of amides is 1. The monoisotopic (exact) mass is 819 g/mol. The van der Waals surface area contributed by atoms with Crippen LogP contribution >= 0.6 is 0 Å². The summed E-state index contributed by atoms with van der Waals surface area (Å²) >= 11 is 0. The number of rotatable bonds is 15. The van der Waals surface area contributed by atoms with Crippen LogP contribution in [0.15, 0.2) is 97.0 Å². The van der Waals surface area contributed by atoms with E-state index in [9.17, 15) is 9.90 Å². The predicted octanol–water partition coefficient (Wildman–Crippen LogP) is 9.58. The quantitative estimate of drug-likeness (QED) is 0.0994. The number of aromatic hydroxyl groups is 1. The fourth-order valence-corrected chi connectivity index (χ4v) is 4.76. The number of aliphatic imine (C=N–C) groups is 1. The fourth-order valence-electron chi connectivity index (χ4n) is 4.76. The van der Waals surface area contributed by atoms with Gasteiger partial charge in [-0.05, 0) is 91.1 Å². The van der Waals surface area contributed by atoms with E-state index in [1.807, 2.05) is 98.9 Å². The molecule has 3 aromatic carbocycles. The van der Waals surface area contributed by atoms with Crippen molar-refractivity contribution >= 4 is 35.8 Å². The Kier molecular flexibility index (Phi) is 34.5. The number of likely N-dealkylation sites (N-methyl/N-ethyl adjacent to an activating group) is 1. The Hall–Kier alpha value is -5.80. The van der Waals surface area contributed by atoms with Crippen molar-refractivity contribution in [1.29, 1.82) is 0 Å². The highest BCUT2D eigenvalue weighted by Gasteiger charge is 2.24. The van der Waals surface area contributed by atoms with Gasteiger partial charge in [-0.25, -0.2) is 0 Å². The van der Waals surface area contributed by atoms with Crippen LogP contribution in [0.3, 0.4) is 0 Å². The molecule has 0 fully saturated rings. The van der Waals surface area contributed by atoms with E-state index in [4.69, 9.17) is 28.7 Å². The molecule has 0 saturated heterocycles. The summed E-state index contributed by atoms with van der Waals surface area (Å²) in [5.41, 5.74) is 3.73. The molecule has 0 heterocycles. The van der Waals surface area contributed by atoms with Crippen molar-refractivity contribution in [2.24, 2.45) is 10.9 Å². The first kappa shape index (κ1) is 57.5. The number of nitrogens with one attached hydrogen (secondary N) is 2. The molecule has 0 aliphatic carbocycles. The summed E-state index contributed by atoms with van der Waals surface area (Å²) in [5.74, 6) is 2.31. The van der Waals surface area contributed by atoms with Gasteiger partial charge in [0.05, 0.1) is 25.9 Å². The van der Waals surface area contributed by atoms with E-state index < -0.39 is 0 Å². The number of anilines is 1. The van der Waals surface area contributed by atoms with Gasteiger partial charge in [0.2, 0.25) is 5.91 Å². The molecule has 0 saturated carbocycles. The third-order valence-electron chi connectivity index (χ3n) is 8.00. The molecular weight excluding hydrogens is 749 g/mol. The third kappa shape index (κ3) is 27.5. The zero-order valence-electron chi connectivity index (χ0n) is 37.5. The molecule has 1 amide bonds. The molecule has 0 spiro atoms. The number of carbonyl (C=O) groups excluding carboxylic acids is 5. The lowest BCUT2D eigenvalue weighted by atomic mass is 9.85. The molecule has 0 aliphatic rings. The molecular formula is C47H70N4O8. The highest BCUT2D eigenvalue weighted by atomic mass is 16.5. The number of carbonyl (C=O) groups is 1. The third-order valence-corrected chi connectivity index (χ3v) is 8.00. The minimum atomic E-state index is -0.257. The molecule has 0 aromatic heterocycles. The molecule has 326 valence electrons. The average molecular weight is 819 g/mol. The van der Waals surface area contributed by atoms with E-state index in [0.29, 0.717) is 18.3 Å². The van der Waals surface area contributed by atoms with Gasteiger partial charge in [0.1, 0.15) is 17.2 Å². The van der Waals surface area contributed by atoms with Crippen LogP contribution < -0.4 is 20.1 Å². The smallest absolute Gasteiger partial charge is 0.373 e. The van der Waals surface area contributed by atoms with E-state index >= 15 is 0 Å². The van der Waals surface area contributed by atoms with Crippen LogP contribution in [-0.4, -0.2) is 74.8 Å². The lowest BCUT2D eigenvalue weighted by molar-refractivity contribution is -0.193. The second-order valence-corrected chi connectivity index (χ2v) is 14.2. The molecule has 12 heteroatoms. The lowest BCUT2D eigenvalue weighted by Gasteiger charge is -2.26. The van der Waals surface area contributed by atoms with Gasteiger partial charge in [-0.15, -0.1) is 13.2 Å². The summed E-state index contributed by atoms with van der Waals surface area (Å²) in [5, 5.41) is 17.2. The van der Waals surface area contributed by atoms with Crippen LogP contribution in [0.1, 0.15) is 92.2 Å². The Morgan fingerprint density at radius 2 is 1.34 bits per heavy atom. The Bertz CT molecular complexity index is 1640. The van der Waals surface area contributed by atoms with Crippen molar-refractivity contribution < 1.29 is 38.6 Å². The zero-order valence-corrected chi connectivity index (χ0v) is 37.5. The maximum Gasteiger partial charge on any atom is 0.373 e. The minimum Gasteiger partial charge on any atom is -0.507 e. The van der Waals surface area contributed by atoms with Crippen molar-refractivity contribution in [3.8, 4) is 17.2 Å².